The highest BCUT2D eigenvalue weighted by Gasteiger charge is 2.17. The van der Waals surface area contributed by atoms with E-state index in [0.717, 1.165) is 29.9 Å². The van der Waals surface area contributed by atoms with E-state index in [9.17, 15) is 5.11 Å². The molecule has 1 aromatic carbocycles. The lowest BCUT2D eigenvalue weighted by Crippen LogP contribution is -2.12. The van der Waals surface area contributed by atoms with Crippen LogP contribution in [0.4, 0.5) is 0 Å². The molecule has 1 aliphatic rings. The first-order chi connectivity index (χ1) is 8.20. The summed E-state index contributed by atoms with van der Waals surface area (Å²) in [5.41, 5.74) is 0.906. The summed E-state index contributed by atoms with van der Waals surface area (Å²) in [6.07, 6.45) is 1.33. The van der Waals surface area contributed by atoms with E-state index in [1.165, 1.54) is 0 Å². The molecule has 0 saturated heterocycles. The van der Waals surface area contributed by atoms with Crippen molar-refractivity contribution in [3.8, 4) is 11.5 Å². The first kappa shape index (κ1) is 12.2. The van der Waals surface area contributed by atoms with E-state index in [4.69, 9.17) is 9.47 Å². The summed E-state index contributed by atoms with van der Waals surface area (Å²) >= 11 is 0. The molecule has 0 bridgehead atoms. The van der Waals surface area contributed by atoms with Crippen molar-refractivity contribution < 1.29 is 14.6 Å². The third-order valence-corrected chi connectivity index (χ3v) is 2.96. The number of fused-ring (bicyclic) bond motifs is 1. The van der Waals surface area contributed by atoms with E-state index in [0.29, 0.717) is 19.1 Å². The first-order valence-corrected chi connectivity index (χ1v) is 6.28. The highest BCUT2D eigenvalue weighted by molar-refractivity contribution is 5.44. The Morgan fingerprint density at radius 3 is 2.71 bits per heavy atom. The normalized spacial score (nSPS) is 20.8. The number of hydrogen-bond donors (Lipinski definition) is 1. The van der Waals surface area contributed by atoms with Crippen LogP contribution in [0, 0.1) is 5.92 Å². The van der Waals surface area contributed by atoms with Gasteiger partial charge in [-0.05, 0) is 24.1 Å². The lowest BCUT2D eigenvalue weighted by Gasteiger charge is -2.13. The maximum absolute atomic E-state index is 9.95. The van der Waals surface area contributed by atoms with Crippen LogP contribution in [0.15, 0.2) is 18.2 Å². The Balaban J connectivity index is 2.19. The van der Waals surface area contributed by atoms with Crippen molar-refractivity contribution in [1.82, 2.24) is 0 Å². The van der Waals surface area contributed by atoms with Gasteiger partial charge in [0.05, 0.1) is 19.3 Å². The van der Waals surface area contributed by atoms with Crippen LogP contribution in [0.25, 0.3) is 0 Å². The molecule has 0 amide bonds. The van der Waals surface area contributed by atoms with E-state index in [2.05, 4.69) is 13.8 Å². The Morgan fingerprint density at radius 1 is 1.29 bits per heavy atom. The Labute approximate surface area is 102 Å². The summed E-state index contributed by atoms with van der Waals surface area (Å²) in [4.78, 5) is 0. The summed E-state index contributed by atoms with van der Waals surface area (Å²) in [7, 11) is 0. The van der Waals surface area contributed by atoms with E-state index in [1.54, 1.807) is 0 Å². The molecule has 3 nitrogen and oxygen atoms in total. The molecule has 1 aromatic rings. The Bertz CT molecular complexity index is 376. The molecule has 1 N–H and O–H groups in total. The lowest BCUT2D eigenvalue weighted by atomic mass is 10.0. The van der Waals surface area contributed by atoms with Crippen LogP contribution in [-0.4, -0.2) is 18.3 Å². The molecule has 0 saturated carbocycles. The van der Waals surface area contributed by atoms with Gasteiger partial charge in [0.25, 0.3) is 0 Å². The molecule has 2 atom stereocenters. The second kappa shape index (κ2) is 5.41. The highest BCUT2D eigenvalue weighted by Crippen LogP contribution is 2.33. The number of rotatable bonds is 3. The standard InChI is InChI=1S/C14H20O3/c1-3-4-12(15)11-5-6-13-14(7-11)17-9-10(2)8-16-13/h5-7,10,12,15H,3-4,8-9H2,1-2H3. The molecular weight excluding hydrogens is 216 g/mol. The number of ether oxygens (including phenoxy) is 2. The number of benzene rings is 1. The Morgan fingerprint density at radius 2 is 2.00 bits per heavy atom. The molecule has 2 unspecified atom stereocenters. The van der Waals surface area contributed by atoms with Gasteiger partial charge in [-0.2, -0.15) is 0 Å². The van der Waals surface area contributed by atoms with Crippen molar-refractivity contribution in [1.29, 1.82) is 0 Å². The molecule has 17 heavy (non-hydrogen) atoms. The SMILES string of the molecule is CCCC(O)c1ccc2c(c1)OCC(C)CO2. The summed E-state index contributed by atoms with van der Waals surface area (Å²) in [5.74, 6) is 1.93. The third-order valence-electron chi connectivity index (χ3n) is 2.96. The van der Waals surface area contributed by atoms with Crippen LogP contribution in [0.2, 0.25) is 0 Å². The second-order valence-corrected chi connectivity index (χ2v) is 4.74. The Kier molecular flexibility index (Phi) is 3.89. The molecule has 0 radical (unpaired) electrons. The van der Waals surface area contributed by atoms with E-state index >= 15 is 0 Å². The average molecular weight is 236 g/mol. The zero-order valence-corrected chi connectivity index (χ0v) is 10.5. The fourth-order valence-electron chi connectivity index (χ4n) is 1.92. The van der Waals surface area contributed by atoms with Crippen molar-refractivity contribution in [2.24, 2.45) is 5.92 Å². The first-order valence-electron chi connectivity index (χ1n) is 6.28. The van der Waals surface area contributed by atoms with Crippen LogP contribution in [-0.2, 0) is 0 Å². The topological polar surface area (TPSA) is 38.7 Å². The number of aliphatic hydroxyl groups excluding tert-OH is 1. The molecule has 0 spiro atoms. The van der Waals surface area contributed by atoms with E-state index < -0.39 is 6.10 Å². The minimum Gasteiger partial charge on any atom is -0.489 e. The lowest BCUT2D eigenvalue weighted by molar-refractivity contribution is 0.166. The van der Waals surface area contributed by atoms with Crippen LogP contribution in [0.5, 0.6) is 11.5 Å². The summed E-state index contributed by atoms with van der Waals surface area (Å²) in [6, 6.07) is 5.70. The van der Waals surface area contributed by atoms with Gasteiger partial charge in [-0.3, -0.25) is 0 Å². The molecule has 0 aliphatic carbocycles. The molecule has 2 rings (SSSR count). The van der Waals surface area contributed by atoms with Gasteiger partial charge in [0.1, 0.15) is 0 Å². The monoisotopic (exact) mass is 236 g/mol. The molecule has 0 fully saturated rings. The molecular formula is C14H20O3. The third kappa shape index (κ3) is 2.91. The van der Waals surface area contributed by atoms with Gasteiger partial charge in [-0.1, -0.05) is 26.3 Å². The zero-order valence-electron chi connectivity index (χ0n) is 10.5. The van der Waals surface area contributed by atoms with Crippen molar-refractivity contribution in [3.05, 3.63) is 23.8 Å². The zero-order chi connectivity index (χ0) is 12.3. The molecule has 3 heteroatoms. The molecule has 94 valence electrons. The smallest absolute Gasteiger partial charge is 0.161 e. The fourth-order valence-corrected chi connectivity index (χ4v) is 1.92. The van der Waals surface area contributed by atoms with Gasteiger partial charge in [0.2, 0.25) is 0 Å². The second-order valence-electron chi connectivity index (χ2n) is 4.74. The number of hydrogen-bond acceptors (Lipinski definition) is 3. The largest absolute Gasteiger partial charge is 0.489 e. The van der Waals surface area contributed by atoms with E-state index in [-0.39, 0.29) is 0 Å². The Hall–Kier alpha value is -1.22. The minimum atomic E-state index is -0.408. The fraction of sp³-hybridized carbons (Fsp3) is 0.571. The molecule has 1 aliphatic heterocycles. The quantitative estimate of drug-likeness (QED) is 0.877. The van der Waals surface area contributed by atoms with E-state index in [1.807, 2.05) is 18.2 Å². The predicted octanol–water partition coefficient (Wildman–Crippen LogP) is 2.93. The predicted molar refractivity (Wildman–Crippen MR) is 66.5 cm³/mol. The van der Waals surface area contributed by atoms with Crippen LogP contribution >= 0.6 is 0 Å². The van der Waals surface area contributed by atoms with Crippen LogP contribution in [0.3, 0.4) is 0 Å². The summed E-state index contributed by atoms with van der Waals surface area (Å²) in [5, 5.41) is 9.95. The molecule has 1 heterocycles. The summed E-state index contributed by atoms with van der Waals surface area (Å²) in [6.45, 7) is 5.51. The van der Waals surface area contributed by atoms with Gasteiger partial charge in [-0.15, -0.1) is 0 Å². The van der Waals surface area contributed by atoms with Gasteiger partial charge in [0, 0.05) is 5.92 Å². The van der Waals surface area contributed by atoms with Gasteiger partial charge in [0.15, 0.2) is 11.5 Å². The molecule has 0 aromatic heterocycles. The van der Waals surface area contributed by atoms with Crippen molar-refractivity contribution >= 4 is 0 Å². The van der Waals surface area contributed by atoms with Crippen molar-refractivity contribution in [2.45, 2.75) is 32.8 Å². The summed E-state index contributed by atoms with van der Waals surface area (Å²) < 4.78 is 11.3. The van der Waals surface area contributed by atoms with Crippen molar-refractivity contribution in [2.75, 3.05) is 13.2 Å². The van der Waals surface area contributed by atoms with Crippen LogP contribution in [0.1, 0.15) is 38.4 Å². The number of aliphatic hydroxyl groups is 1. The minimum absolute atomic E-state index is 0.395. The van der Waals surface area contributed by atoms with Gasteiger partial charge >= 0.3 is 0 Å². The maximum atomic E-state index is 9.95. The van der Waals surface area contributed by atoms with Crippen molar-refractivity contribution in [3.63, 3.8) is 0 Å². The maximum Gasteiger partial charge on any atom is 0.161 e. The van der Waals surface area contributed by atoms with Gasteiger partial charge < -0.3 is 14.6 Å². The highest BCUT2D eigenvalue weighted by atomic mass is 16.5. The average Bonchev–Trinajstić information content (AvgIpc) is 2.52. The van der Waals surface area contributed by atoms with Gasteiger partial charge in [-0.25, -0.2) is 0 Å². The van der Waals surface area contributed by atoms with Crippen LogP contribution < -0.4 is 9.47 Å².